The highest BCUT2D eigenvalue weighted by molar-refractivity contribution is 4.97. The fourth-order valence-corrected chi connectivity index (χ4v) is 4.26. The largest absolute Gasteiger partial charge is 0.370 e. The predicted molar refractivity (Wildman–Crippen MR) is 66.4 cm³/mol. The molecule has 0 N–H and O–H groups in total. The van der Waals surface area contributed by atoms with Crippen LogP contribution in [0, 0.1) is 17.3 Å². The molecule has 3 unspecified atom stereocenters. The van der Waals surface area contributed by atoms with Crippen molar-refractivity contribution in [3.8, 4) is 0 Å². The Morgan fingerprint density at radius 1 is 0.812 bits per heavy atom. The zero-order chi connectivity index (χ0) is 11.2. The number of hydrogen-bond acceptors (Lipinski definition) is 1. The Hall–Kier alpha value is -0.0400. The van der Waals surface area contributed by atoms with Crippen molar-refractivity contribution in [3.05, 3.63) is 0 Å². The maximum Gasteiger partial charge on any atom is 0.0844 e. The molecule has 0 bridgehead atoms. The summed E-state index contributed by atoms with van der Waals surface area (Å²) < 4.78 is 5.69. The molecular formula is C15H26O. The van der Waals surface area contributed by atoms with E-state index in [9.17, 15) is 0 Å². The summed E-state index contributed by atoms with van der Waals surface area (Å²) in [5.41, 5.74) is 0.567. The van der Waals surface area contributed by atoms with Gasteiger partial charge in [0.25, 0.3) is 0 Å². The molecule has 0 aromatic rings. The molecule has 1 saturated heterocycles. The Bertz CT molecular complexity index is 252. The second kappa shape index (κ2) is 4.01. The molecule has 1 aliphatic heterocycles. The minimum Gasteiger partial charge on any atom is -0.370 e. The highest BCUT2D eigenvalue weighted by atomic mass is 16.6. The molecule has 3 aliphatic rings. The van der Waals surface area contributed by atoms with E-state index < -0.39 is 0 Å². The van der Waals surface area contributed by atoms with Crippen LogP contribution in [0.2, 0.25) is 0 Å². The summed E-state index contributed by atoms with van der Waals surface area (Å²) in [4.78, 5) is 0. The quantitative estimate of drug-likeness (QED) is 0.639. The van der Waals surface area contributed by atoms with Gasteiger partial charge < -0.3 is 4.74 Å². The molecule has 0 aromatic heterocycles. The summed E-state index contributed by atoms with van der Waals surface area (Å²) in [6.45, 7) is 5.08. The van der Waals surface area contributed by atoms with Crippen LogP contribution in [0.4, 0.5) is 0 Å². The molecule has 1 heteroatoms. The van der Waals surface area contributed by atoms with Crippen LogP contribution in [-0.4, -0.2) is 12.2 Å². The van der Waals surface area contributed by atoms with Gasteiger partial charge in [-0.2, -0.15) is 0 Å². The van der Waals surface area contributed by atoms with E-state index in [1.807, 2.05) is 0 Å². The highest BCUT2D eigenvalue weighted by Gasteiger charge is 2.49. The molecule has 0 amide bonds. The van der Waals surface area contributed by atoms with Crippen LogP contribution in [0.25, 0.3) is 0 Å². The fraction of sp³-hybridized carbons (Fsp3) is 1.00. The number of fused-ring (bicyclic) bond motifs is 1. The number of hydrogen-bond donors (Lipinski definition) is 0. The van der Waals surface area contributed by atoms with Gasteiger partial charge in [0.2, 0.25) is 0 Å². The average Bonchev–Trinajstić information content (AvgIpc) is 3.08. The van der Waals surface area contributed by atoms with Gasteiger partial charge in [-0.1, -0.05) is 33.1 Å². The van der Waals surface area contributed by atoms with Crippen LogP contribution in [0.5, 0.6) is 0 Å². The van der Waals surface area contributed by atoms with E-state index in [2.05, 4.69) is 13.8 Å². The summed E-state index contributed by atoms with van der Waals surface area (Å²) in [6.07, 6.45) is 12.8. The first-order valence-electron chi connectivity index (χ1n) is 7.33. The molecule has 0 aromatic carbocycles. The van der Waals surface area contributed by atoms with Crippen LogP contribution in [0.1, 0.15) is 65.2 Å². The zero-order valence-electron chi connectivity index (χ0n) is 10.9. The van der Waals surface area contributed by atoms with Crippen LogP contribution in [-0.2, 0) is 4.74 Å². The molecule has 16 heavy (non-hydrogen) atoms. The second-order valence-corrected chi connectivity index (χ2v) is 6.88. The molecule has 2 aliphatic carbocycles. The van der Waals surface area contributed by atoms with E-state index in [0.717, 1.165) is 11.8 Å². The zero-order valence-corrected chi connectivity index (χ0v) is 10.9. The third-order valence-corrected chi connectivity index (χ3v) is 5.71. The SMILES string of the molecule is CC(C)(C1CCCCC1)C1CCC2OC2C1. The van der Waals surface area contributed by atoms with Crippen molar-refractivity contribution in [3.63, 3.8) is 0 Å². The lowest BCUT2D eigenvalue weighted by Gasteiger charge is -2.44. The Labute approximate surface area is 99.9 Å². The molecular weight excluding hydrogens is 196 g/mol. The Morgan fingerprint density at radius 3 is 2.25 bits per heavy atom. The number of ether oxygens (including phenoxy) is 1. The van der Waals surface area contributed by atoms with Gasteiger partial charge in [0.1, 0.15) is 0 Å². The average molecular weight is 222 g/mol. The van der Waals surface area contributed by atoms with E-state index in [1.165, 1.54) is 51.4 Å². The van der Waals surface area contributed by atoms with Gasteiger partial charge in [-0.3, -0.25) is 0 Å². The molecule has 3 rings (SSSR count). The number of rotatable bonds is 2. The molecule has 3 atom stereocenters. The predicted octanol–water partition coefficient (Wildman–Crippen LogP) is 4.16. The first kappa shape index (κ1) is 11.1. The fourth-order valence-electron chi connectivity index (χ4n) is 4.26. The second-order valence-electron chi connectivity index (χ2n) is 6.88. The lowest BCUT2D eigenvalue weighted by molar-refractivity contribution is 0.0631. The molecule has 0 radical (unpaired) electrons. The summed E-state index contributed by atoms with van der Waals surface area (Å²) in [5.74, 6) is 1.92. The van der Waals surface area contributed by atoms with E-state index in [0.29, 0.717) is 17.6 Å². The van der Waals surface area contributed by atoms with Crippen molar-refractivity contribution >= 4 is 0 Å². The van der Waals surface area contributed by atoms with Gasteiger partial charge in [-0.15, -0.1) is 0 Å². The van der Waals surface area contributed by atoms with Crippen molar-refractivity contribution in [2.45, 2.75) is 77.4 Å². The van der Waals surface area contributed by atoms with Gasteiger partial charge in [0.05, 0.1) is 12.2 Å². The summed E-state index contributed by atoms with van der Waals surface area (Å²) in [5, 5.41) is 0. The minimum atomic E-state index is 0.567. The standard InChI is InChI=1S/C15H26O/c1-15(2,11-6-4-3-5-7-11)12-8-9-13-14(10-12)16-13/h11-14H,3-10H2,1-2H3. The van der Waals surface area contributed by atoms with Crippen molar-refractivity contribution in [1.82, 2.24) is 0 Å². The smallest absolute Gasteiger partial charge is 0.0844 e. The maximum absolute atomic E-state index is 5.69. The first-order chi connectivity index (χ1) is 7.68. The van der Waals surface area contributed by atoms with Gasteiger partial charge >= 0.3 is 0 Å². The van der Waals surface area contributed by atoms with Crippen LogP contribution in [0.15, 0.2) is 0 Å². The monoisotopic (exact) mass is 222 g/mol. The Balaban J connectivity index is 1.65. The first-order valence-corrected chi connectivity index (χ1v) is 7.33. The summed E-state index contributed by atoms with van der Waals surface area (Å²) in [6, 6.07) is 0. The number of epoxide rings is 1. The van der Waals surface area contributed by atoms with E-state index in [-0.39, 0.29) is 0 Å². The molecule has 0 spiro atoms. The minimum absolute atomic E-state index is 0.567. The summed E-state index contributed by atoms with van der Waals surface area (Å²) >= 11 is 0. The lowest BCUT2D eigenvalue weighted by Crippen LogP contribution is -2.36. The molecule has 1 nitrogen and oxygen atoms in total. The van der Waals surface area contributed by atoms with E-state index in [4.69, 9.17) is 4.74 Å². The van der Waals surface area contributed by atoms with Crippen molar-refractivity contribution in [2.75, 3.05) is 0 Å². The van der Waals surface area contributed by atoms with Crippen LogP contribution >= 0.6 is 0 Å². The van der Waals surface area contributed by atoms with Gasteiger partial charge in [0.15, 0.2) is 0 Å². The lowest BCUT2D eigenvalue weighted by atomic mass is 9.61. The van der Waals surface area contributed by atoms with E-state index in [1.54, 1.807) is 0 Å². The third kappa shape index (κ3) is 1.92. The highest BCUT2D eigenvalue weighted by Crippen LogP contribution is 2.51. The van der Waals surface area contributed by atoms with Gasteiger partial charge in [-0.25, -0.2) is 0 Å². The van der Waals surface area contributed by atoms with Gasteiger partial charge in [0, 0.05) is 0 Å². The van der Waals surface area contributed by atoms with Crippen molar-refractivity contribution in [1.29, 1.82) is 0 Å². The van der Waals surface area contributed by atoms with Crippen molar-refractivity contribution in [2.24, 2.45) is 17.3 Å². The topological polar surface area (TPSA) is 12.5 Å². The molecule has 92 valence electrons. The van der Waals surface area contributed by atoms with Gasteiger partial charge in [-0.05, 0) is 49.4 Å². The maximum atomic E-state index is 5.69. The van der Waals surface area contributed by atoms with Crippen LogP contribution < -0.4 is 0 Å². The normalized spacial score (nSPS) is 40.5. The molecule has 3 fully saturated rings. The molecule has 1 heterocycles. The Kier molecular flexibility index (Phi) is 2.78. The van der Waals surface area contributed by atoms with E-state index >= 15 is 0 Å². The Morgan fingerprint density at radius 2 is 1.56 bits per heavy atom. The summed E-state index contributed by atoms with van der Waals surface area (Å²) in [7, 11) is 0. The van der Waals surface area contributed by atoms with Crippen LogP contribution in [0.3, 0.4) is 0 Å². The third-order valence-electron chi connectivity index (χ3n) is 5.71. The molecule has 2 saturated carbocycles. The van der Waals surface area contributed by atoms with Crippen molar-refractivity contribution < 1.29 is 4.74 Å².